The summed E-state index contributed by atoms with van der Waals surface area (Å²) in [5, 5.41) is 0. The molecule has 3 heteroatoms. The molecule has 0 spiro atoms. The van der Waals surface area contributed by atoms with Crippen LogP contribution in [0, 0.1) is 0 Å². The first-order valence-electron chi connectivity index (χ1n) is 7.89. The van der Waals surface area contributed by atoms with Crippen molar-refractivity contribution in [1.82, 2.24) is 0 Å². The molecule has 0 aromatic heterocycles. The lowest BCUT2D eigenvalue weighted by molar-refractivity contribution is 0.0849. The van der Waals surface area contributed by atoms with E-state index in [0.29, 0.717) is 23.5 Å². The third-order valence-electron chi connectivity index (χ3n) is 4.01. The topological polar surface area (TPSA) is 35.5 Å². The quantitative estimate of drug-likeness (QED) is 0.744. The van der Waals surface area contributed by atoms with E-state index >= 15 is 0 Å². The van der Waals surface area contributed by atoms with Gasteiger partial charge < -0.3 is 9.47 Å². The molecular weight excluding hydrogens is 300 g/mol. The predicted octanol–water partition coefficient (Wildman–Crippen LogP) is 4.99. The van der Waals surface area contributed by atoms with Crippen LogP contribution < -0.4 is 9.47 Å². The van der Waals surface area contributed by atoms with Gasteiger partial charge in [-0.2, -0.15) is 0 Å². The summed E-state index contributed by atoms with van der Waals surface area (Å²) < 4.78 is 11.7. The van der Waals surface area contributed by atoms with Gasteiger partial charge in [-0.25, -0.2) is 0 Å². The molecule has 0 aliphatic carbocycles. The number of ketones is 1. The highest BCUT2D eigenvalue weighted by atomic mass is 16.5. The van der Waals surface area contributed by atoms with Crippen LogP contribution in [-0.4, -0.2) is 12.9 Å². The SMILES string of the molecule is C=C(C)C=Cc1c(OC)ccc2c1OC(c1ccccc1)CC2=O. The molecule has 3 rings (SSSR count). The molecule has 3 nitrogen and oxygen atoms in total. The molecule has 24 heavy (non-hydrogen) atoms. The van der Waals surface area contributed by atoms with Crippen molar-refractivity contribution in [2.24, 2.45) is 0 Å². The molecule has 0 radical (unpaired) electrons. The Bertz CT molecular complexity index is 803. The third-order valence-corrected chi connectivity index (χ3v) is 4.01. The zero-order valence-electron chi connectivity index (χ0n) is 13.9. The molecule has 122 valence electrons. The van der Waals surface area contributed by atoms with E-state index in [1.807, 2.05) is 49.4 Å². The molecular formula is C21H20O3. The van der Waals surface area contributed by atoms with Crippen LogP contribution in [0.5, 0.6) is 11.5 Å². The fourth-order valence-electron chi connectivity index (χ4n) is 2.81. The maximum atomic E-state index is 12.6. The maximum Gasteiger partial charge on any atom is 0.170 e. The molecule has 0 bridgehead atoms. The van der Waals surface area contributed by atoms with Crippen molar-refractivity contribution >= 4 is 11.9 Å². The molecule has 2 aromatic rings. The first-order valence-corrected chi connectivity index (χ1v) is 7.89. The average Bonchev–Trinajstić information content (AvgIpc) is 2.60. The minimum atomic E-state index is -0.282. The molecule has 2 aromatic carbocycles. The van der Waals surface area contributed by atoms with Crippen molar-refractivity contribution in [3.8, 4) is 11.5 Å². The monoisotopic (exact) mass is 320 g/mol. The number of hydrogen-bond donors (Lipinski definition) is 0. The lowest BCUT2D eigenvalue weighted by Gasteiger charge is -2.27. The molecule has 1 heterocycles. The van der Waals surface area contributed by atoms with Crippen molar-refractivity contribution in [3.63, 3.8) is 0 Å². The van der Waals surface area contributed by atoms with Crippen LogP contribution in [0.15, 0.2) is 60.7 Å². The lowest BCUT2D eigenvalue weighted by Crippen LogP contribution is -2.21. The number of rotatable bonds is 4. The smallest absolute Gasteiger partial charge is 0.170 e. The van der Waals surface area contributed by atoms with Gasteiger partial charge in [-0.1, -0.05) is 48.6 Å². The third kappa shape index (κ3) is 3.11. The first-order chi connectivity index (χ1) is 11.6. The highest BCUT2D eigenvalue weighted by Crippen LogP contribution is 2.41. The van der Waals surface area contributed by atoms with Gasteiger partial charge in [0.1, 0.15) is 17.6 Å². The average molecular weight is 320 g/mol. The van der Waals surface area contributed by atoms with Crippen LogP contribution in [0.1, 0.15) is 40.9 Å². The largest absolute Gasteiger partial charge is 0.496 e. The Balaban J connectivity index is 2.08. The lowest BCUT2D eigenvalue weighted by atomic mass is 9.94. The summed E-state index contributed by atoms with van der Waals surface area (Å²) in [6.07, 6.45) is 3.83. The minimum absolute atomic E-state index is 0.0812. The van der Waals surface area contributed by atoms with Crippen LogP contribution in [0.25, 0.3) is 6.08 Å². The van der Waals surface area contributed by atoms with Crippen LogP contribution >= 0.6 is 0 Å². The summed E-state index contributed by atoms with van der Waals surface area (Å²) in [5.74, 6) is 1.34. The van der Waals surface area contributed by atoms with Crippen molar-refractivity contribution in [2.45, 2.75) is 19.4 Å². The Labute approximate surface area is 142 Å². The van der Waals surface area contributed by atoms with Crippen molar-refractivity contribution in [2.75, 3.05) is 7.11 Å². The Morgan fingerprint density at radius 1 is 1.25 bits per heavy atom. The number of fused-ring (bicyclic) bond motifs is 1. The van der Waals surface area contributed by atoms with Gasteiger partial charge >= 0.3 is 0 Å². The molecule has 1 aliphatic heterocycles. The van der Waals surface area contributed by atoms with E-state index in [0.717, 1.165) is 16.7 Å². The van der Waals surface area contributed by atoms with Gasteiger partial charge in [-0.05, 0) is 30.7 Å². The number of Topliss-reactive ketones (excluding diaryl/α,β-unsaturated/α-hetero) is 1. The molecule has 1 aliphatic rings. The first kappa shape index (κ1) is 16.1. The molecule has 1 unspecified atom stereocenters. The summed E-state index contributed by atoms with van der Waals surface area (Å²) in [4.78, 5) is 12.6. The summed E-state index contributed by atoms with van der Waals surface area (Å²) in [6, 6.07) is 13.4. The second-order valence-corrected chi connectivity index (χ2v) is 5.88. The van der Waals surface area contributed by atoms with Gasteiger partial charge in [0.15, 0.2) is 5.78 Å². The Kier molecular flexibility index (Phi) is 4.52. The summed E-state index contributed by atoms with van der Waals surface area (Å²) in [7, 11) is 1.61. The summed E-state index contributed by atoms with van der Waals surface area (Å²) >= 11 is 0. The van der Waals surface area contributed by atoms with Crippen LogP contribution in [0.2, 0.25) is 0 Å². The van der Waals surface area contributed by atoms with E-state index in [1.54, 1.807) is 19.2 Å². The number of ether oxygens (including phenoxy) is 2. The number of benzene rings is 2. The highest BCUT2D eigenvalue weighted by molar-refractivity contribution is 6.01. The normalized spacial score (nSPS) is 16.6. The van der Waals surface area contributed by atoms with E-state index in [4.69, 9.17) is 9.47 Å². The highest BCUT2D eigenvalue weighted by Gasteiger charge is 2.30. The van der Waals surface area contributed by atoms with E-state index in [2.05, 4.69) is 6.58 Å². The van der Waals surface area contributed by atoms with Gasteiger partial charge in [0.05, 0.1) is 24.7 Å². The van der Waals surface area contributed by atoms with Gasteiger partial charge in [-0.3, -0.25) is 4.79 Å². The summed E-state index contributed by atoms with van der Waals surface area (Å²) in [6.45, 7) is 5.79. The molecule has 0 saturated carbocycles. The van der Waals surface area contributed by atoms with E-state index in [1.165, 1.54) is 0 Å². The fourth-order valence-corrected chi connectivity index (χ4v) is 2.81. The second kappa shape index (κ2) is 6.75. The number of carbonyl (C=O) groups excluding carboxylic acids is 1. The zero-order valence-corrected chi connectivity index (χ0v) is 13.9. The fraction of sp³-hybridized carbons (Fsp3) is 0.190. The van der Waals surface area contributed by atoms with Crippen molar-refractivity contribution < 1.29 is 14.3 Å². The maximum absolute atomic E-state index is 12.6. The zero-order chi connectivity index (χ0) is 17.1. The van der Waals surface area contributed by atoms with E-state index in [-0.39, 0.29) is 11.9 Å². The van der Waals surface area contributed by atoms with Crippen LogP contribution in [-0.2, 0) is 0 Å². The molecule has 0 N–H and O–H groups in total. The van der Waals surface area contributed by atoms with Gasteiger partial charge in [0.25, 0.3) is 0 Å². The second-order valence-electron chi connectivity index (χ2n) is 5.88. The van der Waals surface area contributed by atoms with Gasteiger partial charge in [0.2, 0.25) is 0 Å². The number of methoxy groups -OCH3 is 1. The minimum Gasteiger partial charge on any atom is -0.496 e. The van der Waals surface area contributed by atoms with Crippen LogP contribution in [0.4, 0.5) is 0 Å². The van der Waals surface area contributed by atoms with Gasteiger partial charge in [-0.15, -0.1) is 0 Å². The number of allylic oxidation sites excluding steroid dienone is 2. The molecule has 1 atom stereocenters. The molecule has 0 amide bonds. The Morgan fingerprint density at radius 3 is 2.67 bits per heavy atom. The molecule has 0 fully saturated rings. The number of carbonyl (C=O) groups is 1. The standard InChI is InChI=1S/C21H20O3/c1-14(2)9-10-17-19(23-3)12-11-16-18(22)13-20(24-21(16)17)15-7-5-4-6-8-15/h4-12,20H,1,13H2,2-3H3. The van der Waals surface area contributed by atoms with Crippen LogP contribution in [0.3, 0.4) is 0 Å². The van der Waals surface area contributed by atoms with E-state index < -0.39 is 0 Å². The van der Waals surface area contributed by atoms with E-state index in [9.17, 15) is 4.79 Å². The van der Waals surface area contributed by atoms with Crippen molar-refractivity contribution in [3.05, 3.63) is 77.4 Å². The Hall–Kier alpha value is -2.81. The Morgan fingerprint density at radius 2 is 2.00 bits per heavy atom. The summed E-state index contributed by atoms with van der Waals surface area (Å²) in [5.41, 5.74) is 3.28. The van der Waals surface area contributed by atoms with Gasteiger partial charge in [0, 0.05) is 0 Å². The molecule has 0 saturated heterocycles. The number of hydrogen-bond acceptors (Lipinski definition) is 3. The van der Waals surface area contributed by atoms with Crippen molar-refractivity contribution in [1.29, 1.82) is 0 Å². The predicted molar refractivity (Wildman–Crippen MR) is 95.6 cm³/mol.